The van der Waals surface area contributed by atoms with Crippen LogP contribution in [0.25, 0.3) is 0 Å². The summed E-state index contributed by atoms with van der Waals surface area (Å²) >= 11 is 0. The van der Waals surface area contributed by atoms with Crippen LogP contribution in [-0.4, -0.2) is 47.4 Å². The minimum atomic E-state index is -4.74. The smallest absolute Gasteiger partial charge is 0.378 e. The highest BCUT2D eigenvalue weighted by atomic mass is 19.4. The molecule has 2 heterocycles. The number of nitrogens with zero attached hydrogens (tertiary/aromatic N) is 6. The quantitative estimate of drug-likeness (QED) is 0.604. The predicted molar refractivity (Wildman–Crippen MR) is 81.3 cm³/mol. The van der Waals surface area contributed by atoms with Gasteiger partial charge in [0.15, 0.2) is 11.8 Å². The zero-order valence-electron chi connectivity index (χ0n) is 14.0. The zero-order valence-corrected chi connectivity index (χ0v) is 14.0. The van der Waals surface area contributed by atoms with Gasteiger partial charge in [-0.15, -0.1) is 0 Å². The average Bonchev–Trinajstić information content (AvgIpc) is 3.27. The van der Waals surface area contributed by atoms with E-state index in [1.807, 2.05) is 0 Å². The molecule has 1 N–H and O–H groups in total. The average molecular weight is 404 g/mol. The van der Waals surface area contributed by atoms with Crippen LogP contribution < -0.4 is 0 Å². The molecule has 13 heteroatoms. The Bertz CT molecular complexity index is 902. The van der Waals surface area contributed by atoms with Crippen molar-refractivity contribution < 1.29 is 31.8 Å². The lowest BCUT2D eigenvalue weighted by Crippen LogP contribution is -2.44. The first-order chi connectivity index (χ1) is 13.2. The number of aromatic nitrogens is 6. The molecule has 0 aliphatic rings. The molecule has 0 aliphatic heterocycles. The standard InChI is InChI=1S/C15H13F5N6O2/c16-10-1-2-11(12(17)3-10)14(27,4-25-8-21-6-23-25)13(26-9-22-7-24-26)28-5-15(18,19)20/h1-3,6-9,13,27H,4-5H2/t13-,14-/m1/s1. The van der Waals surface area contributed by atoms with Gasteiger partial charge < -0.3 is 9.84 Å². The van der Waals surface area contributed by atoms with Gasteiger partial charge >= 0.3 is 6.18 Å². The normalized spacial score (nSPS) is 15.4. The van der Waals surface area contributed by atoms with Crippen LogP contribution in [0.5, 0.6) is 0 Å². The SMILES string of the molecule is O[C@](Cn1cncn1)(c1ccc(F)cc1F)[C@@H](OCC(F)(F)F)n1cncn1. The second-order valence-electron chi connectivity index (χ2n) is 5.80. The fraction of sp³-hybridized carbons (Fsp3) is 0.333. The highest BCUT2D eigenvalue weighted by Gasteiger charge is 2.46. The minimum Gasteiger partial charge on any atom is -0.378 e. The first-order valence-corrected chi connectivity index (χ1v) is 7.72. The maximum atomic E-state index is 14.5. The molecule has 0 amide bonds. The summed E-state index contributed by atoms with van der Waals surface area (Å²) in [7, 11) is 0. The van der Waals surface area contributed by atoms with Crippen molar-refractivity contribution in [3.63, 3.8) is 0 Å². The Balaban J connectivity index is 2.10. The van der Waals surface area contributed by atoms with E-state index in [0.29, 0.717) is 6.07 Å². The fourth-order valence-electron chi connectivity index (χ4n) is 2.64. The third-order valence-electron chi connectivity index (χ3n) is 3.76. The molecule has 150 valence electrons. The van der Waals surface area contributed by atoms with Gasteiger partial charge in [0.2, 0.25) is 0 Å². The first kappa shape index (κ1) is 19.8. The van der Waals surface area contributed by atoms with Crippen LogP contribution in [0.4, 0.5) is 22.0 Å². The van der Waals surface area contributed by atoms with Crippen molar-refractivity contribution in [1.82, 2.24) is 29.5 Å². The molecule has 2 aromatic heterocycles. The largest absolute Gasteiger partial charge is 0.411 e. The summed E-state index contributed by atoms with van der Waals surface area (Å²) in [5.74, 6) is -2.12. The molecule has 0 bridgehead atoms. The summed E-state index contributed by atoms with van der Waals surface area (Å²) in [6, 6.07) is 2.25. The molecular weight excluding hydrogens is 391 g/mol. The van der Waals surface area contributed by atoms with Gasteiger partial charge in [0, 0.05) is 11.6 Å². The van der Waals surface area contributed by atoms with Crippen LogP contribution in [0.2, 0.25) is 0 Å². The number of hydrogen-bond acceptors (Lipinski definition) is 6. The number of aliphatic hydroxyl groups is 1. The minimum absolute atomic E-state index is 0.490. The van der Waals surface area contributed by atoms with Gasteiger partial charge in [-0.2, -0.15) is 23.4 Å². The molecular formula is C15H13F5N6O2. The van der Waals surface area contributed by atoms with Crippen molar-refractivity contribution in [2.24, 2.45) is 0 Å². The van der Waals surface area contributed by atoms with E-state index in [9.17, 15) is 27.1 Å². The van der Waals surface area contributed by atoms with Crippen LogP contribution in [0.1, 0.15) is 11.8 Å². The summed E-state index contributed by atoms with van der Waals surface area (Å²) in [5.41, 5.74) is -3.00. The molecule has 0 unspecified atom stereocenters. The van der Waals surface area contributed by atoms with Crippen molar-refractivity contribution in [2.45, 2.75) is 24.6 Å². The molecule has 0 fully saturated rings. The second-order valence-corrected chi connectivity index (χ2v) is 5.80. The maximum absolute atomic E-state index is 14.5. The topological polar surface area (TPSA) is 90.9 Å². The Morgan fingerprint density at radius 3 is 2.36 bits per heavy atom. The van der Waals surface area contributed by atoms with Gasteiger partial charge in [0.25, 0.3) is 0 Å². The van der Waals surface area contributed by atoms with E-state index in [4.69, 9.17) is 4.74 Å². The van der Waals surface area contributed by atoms with E-state index in [1.54, 1.807) is 0 Å². The van der Waals surface area contributed by atoms with Gasteiger partial charge in [0.1, 0.15) is 43.6 Å². The van der Waals surface area contributed by atoms with Crippen LogP contribution >= 0.6 is 0 Å². The summed E-state index contributed by atoms with van der Waals surface area (Å²) < 4.78 is 72.8. The first-order valence-electron chi connectivity index (χ1n) is 7.72. The highest BCUT2D eigenvalue weighted by molar-refractivity contribution is 5.26. The summed E-state index contributed by atoms with van der Waals surface area (Å²) in [4.78, 5) is 7.29. The van der Waals surface area contributed by atoms with Gasteiger partial charge in [-0.1, -0.05) is 6.07 Å². The van der Waals surface area contributed by atoms with E-state index in [-0.39, 0.29) is 0 Å². The lowest BCUT2D eigenvalue weighted by molar-refractivity contribution is -0.235. The zero-order chi connectivity index (χ0) is 20.4. The van der Waals surface area contributed by atoms with Crippen LogP contribution in [-0.2, 0) is 16.9 Å². The van der Waals surface area contributed by atoms with E-state index in [0.717, 1.165) is 46.8 Å². The Kier molecular flexibility index (Phi) is 5.38. The lowest BCUT2D eigenvalue weighted by atomic mass is 9.90. The molecule has 0 saturated carbocycles. The van der Waals surface area contributed by atoms with E-state index < -0.39 is 48.4 Å². The van der Waals surface area contributed by atoms with Gasteiger partial charge in [0.05, 0.1) is 6.54 Å². The molecule has 2 atom stereocenters. The van der Waals surface area contributed by atoms with E-state index in [1.165, 1.54) is 0 Å². The number of benzene rings is 1. The Hall–Kier alpha value is -2.93. The Labute approximate surface area is 154 Å². The van der Waals surface area contributed by atoms with Gasteiger partial charge in [-0.3, -0.25) is 0 Å². The second kappa shape index (κ2) is 7.59. The number of hydrogen-bond donors (Lipinski definition) is 1. The summed E-state index contributed by atoms with van der Waals surface area (Å²) in [6.07, 6.45) is -2.35. The third kappa shape index (κ3) is 4.31. The van der Waals surface area contributed by atoms with Crippen LogP contribution in [0, 0.1) is 11.6 Å². The molecule has 28 heavy (non-hydrogen) atoms. The molecule has 0 radical (unpaired) electrons. The van der Waals surface area contributed by atoms with Crippen molar-refractivity contribution >= 4 is 0 Å². The van der Waals surface area contributed by atoms with Crippen molar-refractivity contribution in [2.75, 3.05) is 6.61 Å². The molecule has 1 aromatic carbocycles. The molecule has 0 spiro atoms. The molecule has 8 nitrogen and oxygen atoms in total. The maximum Gasteiger partial charge on any atom is 0.411 e. The molecule has 3 rings (SSSR count). The van der Waals surface area contributed by atoms with Crippen molar-refractivity contribution in [3.05, 3.63) is 60.7 Å². The van der Waals surface area contributed by atoms with Crippen molar-refractivity contribution in [1.29, 1.82) is 0 Å². The highest BCUT2D eigenvalue weighted by Crippen LogP contribution is 2.38. The van der Waals surface area contributed by atoms with E-state index >= 15 is 0 Å². The molecule has 0 aliphatic carbocycles. The summed E-state index contributed by atoms with van der Waals surface area (Å²) in [6.45, 7) is -2.34. The van der Waals surface area contributed by atoms with Crippen LogP contribution in [0.15, 0.2) is 43.5 Å². The molecule has 3 aromatic rings. The predicted octanol–water partition coefficient (Wildman–Crippen LogP) is 1.81. The van der Waals surface area contributed by atoms with Gasteiger partial charge in [-0.25, -0.2) is 28.1 Å². The van der Waals surface area contributed by atoms with Crippen molar-refractivity contribution in [3.8, 4) is 0 Å². The third-order valence-corrected chi connectivity index (χ3v) is 3.76. The number of alkyl halides is 3. The van der Waals surface area contributed by atoms with Gasteiger partial charge in [-0.05, 0) is 6.07 Å². The number of ether oxygens (including phenoxy) is 1. The fourth-order valence-corrected chi connectivity index (χ4v) is 2.64. The molecule has 0 saturated heterocycles. The Morgan fingerprint density at radius 1 is 1.07 bits per heavy atom. The summed E-state index contributed by atoms with van der Waals surface area (Å²) in [5, 5.41) is 18.8. The van der Waals surface area contributed by atoms with Crippen LogP contribution in [0.3, 0.4) is 0 Å². The Morgan fingerprint density at radius 2 is 1.79 bits per heavy atom. The number of rotatable bonds is 7. The van der Waals surface area contributed by atoms with E-state index in [2.05, 4.69) is 20.2 Å². The monoisotopic (exact) mass is 404 g/mol. The lowest BCUT2D eigenvalue weighted by Gasteiger charge is -2.36. The number of halogens is 5.